The van der Waals surface area contributed by atoms with E-state index in [0.717, 1.165) is 15.7 Å². The van der Waals surface area contributed by atoms with Crippen LogP contribution in [0.3, 0.4) is 0 Å². The molecular formula is C13H7BrF3IN2O. The molecule has 0 aliphatic rings. The molecule has 1 aromatic heterocycles. The molecule has 0 unspecified atom stereocenters. The van der Waals surface area contributed by atoms with Crippen molar-refractivity contribution in [1.82, 2.24) is 4.98 Å². The first kappa shape index (κ1) is 16.2. The van der Waals surface area contributed by atoms with Crippen LogP contribution in [0.1, 0.15) is 15.9 Å². The summed E-state index contributed by atoms with van der Waals surface area (Å²) in [5.74, 6) is -0.667. The number of aromatic nitrogens is 1. The number of amides is 1. The number of nitrogens with zero attached hydrogens (tertiary/aromatic N) is 1. The molecule has 110 valence electrons. The fourth-order valence-electron chi connectivity index (χ4n) is 1.58. The van der Waals surface area contributed by atoms with Crippen LogP contribution in [0.5, 0.6) is 0 Å². The zero-order chi connectivity index (χ0) is 15.6. The normalized spacial score (nSPS) is 11.3. The molecule has 0 spiro atoms. The van der Waals surface area contributed by atoms with Gasteiger partial charge in [0.1, 0.15) is 5.82 Å². The molecule has 0 radical (unpaired) electrons. The highest BCUT2D eigenvalue weighted by molar-refractivity contribution is 14.1. The second kappa shape index (κ2) is 6.30. The number of carbonyl (C=O) groups is 1. The van der Waals surface area contributed by atoms with Crippen LogP contribution in [0.2, 0.25) is 0 Å². The van der Waals surface area contributed by atoms with Crippen molar-refractivity contribution in [2.24, 2.45) is 0 Å². The molecule has 1 amide bonds. The zero-order valence-corrected chi connectivity index (χ0v) is 14.0. The summed E-state index contributed by atoms with van der Waals surface area (Å²) in [6.45, 7) is 0. The predicted molar refractivity (Wildman–Crippen MR) is 84.1 cm³/mol. The van der Waals surface area contributed by atoms with Crippen LogP contribution >= 0.6 is 38.5 Å². The molecule has 0 fully saturated rings. The van der Waals surface area contributed by atoms with Gasteiger partial charge in [-0.05, 0) is 52.9 Å². The number of hydrogen-bond donors (Lipinski definition) is 1. The Balaban J connectivity index is 2.33. The van der Waals surface area contributed by atoms with E-state index in [1.54, 1.807) is 6.07 Å². The van der Waals surface area contributed by atoms with Crippen LogP contribution in [0.25, 0.3) is 0 Å². The lowest BCUT2D eigenvalue weighted by molar-refractivity contribution is -0.137. The molecule has 3 nitrogen and oxygen atoms in total. The second-order valence-electron chi connectivity index (χ2n) is 4.00. The van der Waals surface area contributed by atoms with Gasteiger partial charge in [-0.25, -0.2) is 4.98 Å². The molecule has 0 atom stereocenters. The average Bonchev–Trinajstić information content (AvgIpc) is 2.40. The maximum atomic E-state index is 13.0. The number of nitrogens with one attached hydrogen (secondary N) is 1. The smallest absolute Gasteiger partial charge is 0.307 e. The lowest BCUT2D eigenvalue weighted by Gasteiger charge is -2.13. The summed E-state index contributed by atoms with van der Waals surface area (Å²) in [5.41, 5.74) is -1.45. The van der Waals surface area contributed by atoms with E-state index in [1.165, 1.54) is 18.3 Å². The maximum absolute atomic E-state index is 13.0. The SMILES string of the molecule is O=C(Nc1ccc(I)cn1)c1ccc(Br)cc1C(F)(F)F. The van der Waals surface area contributed by atoms with Gasteiger partial charge in [-0.3, -0.25) is 4.79 Å². The van der Waals surface area contributed by atoms with Gasteiger partial charge >= 0.3 is 6.18 Å². The Morgan fingerprint density at radius 3 is 2.52 bits per heavy atom. The van der Waals surface area contributed by atoms with Gasteiger partial charge in [-0.1, -0.05) is 15.9 Å². The van der Waals surface area contributed by atoms with E-state index in [9.17, 15) is 18.0 Å². The number of benzene rings is 1. The summed E-state index contributed by atoms with van der Waals surface area (Å²) in [6.07, 6.45) is -3.11. The molecule has 2 rings (SSSR count). The minimum Gasteiger partial charge on any atom is -0.307 e. The van der Waals surface area contributed by atoms with Crippen molar-refractivity contribution in [3.8, 4) is 0 Å². The van der Waals surface area contributed by atoms with E-state index in [-0.39, 0.29) is 10.3 Å². The van der Waals surface area contributed by atoms with Crippen molar-refractivity contribution >= 4 is 50.2 Å². The Bertz CT molecular complexity index is 674. The largest absolute Gasteiger partial charge is 0.417 e. The Morgan fingerprint density at radius 2 is 1.95 bits per heavy atom. The maximum Gasteiger partial charge on any atom is 0.417 e. The van der Waals surface area contributed by atoms with Crippen LogP contribution in [-0.2, 0) is 6.18 Å². The standard InChI is InChI=1S/C13H7BrF3IN2O/c14-7-1-3-9(10(5-7)13(15,16)17)12(21)20-11-4-2-8(18)6-19-11/h1-6H,(H,19,20,21). The first-order chi connectivity index (χ1) is 9.77. The van der Waals surface area contributed by atoms with Gasteiger partial charge in [0.15, 0.2) is 0 Å². The monoisotopic (exact) mass is 470 g/mol. The van der Waals surface area contributed by atoms with Crippen molar-refractivity contribution < 1.29 is 18.0 Å². The molecule has 0 bridgehead atoms. The number of anilines is 1. The highest BCUT2D eigenvalue weighted by Crippen LogP contribution is 2.34. The third kappa shape index (κ3) is 4.16. The minimum absolute atomic E-state index is 0.191. The number of alkyl halides is 3. The highest BCUT2D eigenvalue weighted by atomic mass is 127. The van der Waals surface area contributed by atoms with E-state index in [1.807, 2.05) is 22.6 Å². The summed E-state index contributed by atoms with van der Waals surface area (Å²) >= 11 is 5.00. The van der Waals surface area contributed by atoms with Gasteiger partial charge in [-0.15, -0.1) is 0 Å². The van der Waals surface area contributed by atoms with Crippen molar-refractivity contribution in [2.75, 3.05) is 5.32 Å². The van der Waals surface area contributed by atoms with Crippen LogP contribution in [0, 0.1) is 3.57 Å². The lowest BCUT2D eigenvalue weighted by atomic mass is 10.1. The van der Waals surface area contributed by atoms with Crippen molar-refractivity contribution in [3.63, 3.8) is 0 Å². The summed E-state index contributed by atoms with van der Waals surface area (Å²) in [7, 11) is 0. The fraction of sp³-hybridized carbons (Fsp3) is 0.0769. The average molecular weight is 471 g/mol. The van der Waals surface area contributed by atoms with Crippen molar-refractivity contribution in [1.29, 1.82) is 0 Å². The molecule has 8 heteroatoms. The Kier molecular flexibility index (Phi) is 4.87. The molecule has 0 saturated carbocycles. The van der Waals surface area contributed by atoms with Crippen LogP contribution in [0.15, 0.2) is 41.0 Å². The van der Waals surface area contributed by atoms with E-state index >= 15 is 0 Å². The summed E-state index contributed by atoms with van der Waals surface area (Å²) in [5, 5.41) is 2.35. The zero-order valence-electron chi connectivity index (χ0n) is 10.2. The van der Waals surface area contributed by atoms with E-state index in [2.05, 4.69) is 26.2 Å². The summed E-state index contributed by atoms with van der Waals surface area (Å²) in [4.78, 5) is 15.9. The third-order valence-corrected chi connectivity index (χ3v) is 3.63. The quantitative estimate of drug-likeness (QED) is 0.645. The number of hydrogen-bond acceptors (Lipinski definition) is 2. The van der Waals surface area contributed by atoms with E-state index in [4.69, 9.17) is 0 Å². The van der Waals surface area contributed by atoms with Crippen LogP contribution in [0.4, 0.5) is 19.0 Å². The van der Waals surface area contributed by atoms with Crippen LogP contribution in [-0.4, -0.2) is 10.9 Å². The molecule has 1 N–H and O–H groups in total. The number of pyridine rings is 1. The van der Waals surface area contributed by atoms with Gasteiger partial charge in [0.25, 0.3) is 5.91 Å². The minimum atomic E-state index is -4.62. The van der Waals surface area contributed by atoms with Crippen LogP contribution < -0.4 is 5.32 Å². The Hall–Kier alpha value is -1.16. The van der Waals surface area contributed by atoms with Crippen molar-refractivity contribution in [2.45, 2.75) is 6.18 Å². The molecule has 1 heterocycles. The third-order valence-electron chi connectivity index (χ3n) is 2.50. The molecular weight excluding hydrogens is 464 g/mol. The Labute approximate surface area is 140 Å². The van der Waals surface area contributed by atoms with Gasteiger partial charge in [0, 0.05) is 14.2 Å². The second-order valence-corrected chi connectivity index (χ2v) is 6.16. The van der Waals surface area contributed by atoms with Gasteiger partial charge < -0.3 is 5.32 Å². The first-order valence-corrected chi connectivity index (χ1v) is 7.44. The van der Waals surface area contributed by atoms with Gasteiger partial charge in [0.05, 0.1) is 11.1 Å². The summed E-state index contributed by atoms with van der Waals surface area (Å²) < 4.78 is 40.0. The lowest BCUT2D eigenvalue weighted by Crippen LogP contribution is -2.19. The predicted octanol–water partition coefficient (Wildman–Crippen LogP) is 4.72. The van der Waals surface area contributed by atoms with Gasteiger partial charge in [-0.2, -0.15) is 13.2 Å². The molecule has 21 heavy (non-hydrogen) atoms. The number of rotatable bonds is 2. The first-order valence-electron chi connectivity index (χ1n) is 5.57. The number of carbonyl (C=O) groups excluding carboxylic acids is 1. The van der Waals surface area contributed by atoms with Crippen molar-refractivity contribution in [3.05, 3.63) is 55.7 Å². The molecule has 0 aliphatic carbocycles. The molecule has 1 aromatic carbocycles. The van der Waals surface area contributed by atoms with E-state index in [0.29, 0.717) is 0 Å². The number of halogens is 5. The molecule has 2 aromatic rings. The fourth-order valence-corrected chi connectivity index (χ4v) is 2.26. The molecule has 0 saturated heterocycles. The molecule has 0 aliphatic heterocycles. The topological polar surface area (TPSA) is 42.0 Å². The highest BCUT2D eigenvalue weighted by Gasteiger charge is 2.35. The Morgan fingerprint density at radius 1 is 1.24 bits per heavy atom. The summed E-state index contributed by atoms with van der Waals surface area (Å²) in [6, 6.07) is 6.58. The van der Waals surface area contributed by atoms with E-state index < -0.39 is 23.2 Å². The van der Waals surface area contributed by atoms with Gasteiger partial charge in [0.2, 0.25) is 0 Å².